The Kier molecular flexibility index (Phi) is 13.6. The summed E-state index contributed by atoms with van der Waals surface area (Å²) in [5, 5.41) is 5.68. The van der Waals surface area contributed by atoms with Crippen molar-refractivity contribution >= 4 is 108 Å². The van der Waals surface area contributed by atoms with Gasteiger partial charge in [-0.15, -0.1) is 22.7 Å². The highest BCUT2D eigenvalue weighted by Crippen LogP contribution is 2.33. The van der Waals surface area contributed by atoms with Crippen molar-refractivity contribution in [1.82, 2.24) is 18.6 Å². The average molecular weight is 1030 g/mol. The smallest absolute Gasteiger partial charge is 0.243 e. The van der Waals surface area contributed by atoms with Crippen LogP contribution in [0.5, 0.6) is 0 Å². The molecule has 4 aromatic carbocycles. The van der Waals surface area contributed by atoms with E-state index in [1.54, 1.807) is 60.7 Å². The standard InChI is InChI=1S/2C19H16BrClFN3O2S2/c20-14-2-4-15(5-3-14)29(26,27)25-9-7-24(8-10-25)19-23-18(12-28-19)13-1-6-16(21)17(22)11-13;20-14-1-3-17(4-2-14)29(26,27)25-7-5-24(6-8-25)19-23-18(12-28-19)13-9-15(21)11-16(22)10-13/h1-6,11-12H,7-10H2;1-4,9-12H,5-8H2. The van der Waals surface area contributed by atoms with E-state index in [0.717, 1.165) is 19.2 Å². The van der Waals surface area contributed by atoms with E-state index in [2.05, 4.69) is 41.8 Å². The summed E-state index contributed by atoms with van der Waals surface area (Å²) in [5.74, 6) is -0.890. The summed E-state index contributed by atoms with van der Waals surface area (Å²) in [7, 11) is -7.04. The zero-order chi connectivity index (χ0) is 41.2. The van der Waals surface area contributed by atoms with E-state index in [0.29, 0.717) is 79.9 Å². The molecule has 0 amide bonds. The van der Waals surface area contributed by atoms with Crippen molar-refractivity contribution in [3.8, 4) is 22.5 Å². The molecule has 6 aromatic rings. The van der Waals surface area contributed by atoms with Gasteiger partial charge in [-0.3, -0.25) is 0 Å². The van der Waals surface area contributed by atoms with Crippen molar-refractivity contribution in [1.29, 1.82) is 0 Å². The molecule has 2 fully saturated rings. The molecule has 20 heteroatoms. The second-order valence-electron chi connectivity index (χ2n) is 13.0. The molecular weight excluding hydrogens is 1000 g/mol. The topological polar surface area (TPSA) is 107 Å². The summed E-state index contributed by atoms with van der Waals surface area (Å²) < 4.78 is 83.3. The molecule has 0 atom stereocenters. The quantitative estimate of drug-likeness (QED) is 0.149. The van der Waals surface area contributed by atoms with E-state index in [1.165, 1.54) is 55.5 Å². The molecule has 0 bridgehead atoms. The normalized spacial score (nSPS) is 15.6. The third-order valence-corrected chi connectivity index (χ3v) is 16.5. The first-order valence-electron chi connectivity index (χ1n) is 17.5. The van der Waals surface area contributed by atoms with Crippen molar-refractivity contribution in [2.45, 2.75) is 9.79 Å². The molecule has 2 aliphatic rings. The summed E-state index contributed by atoms with van der Waals surface area (Å²) >= 11 is 21.2. The molecule has 10 nitrogen and oxygen atoms in total. The Morgan fingerprint density at radius 3 is 1.45 bits per heavy atom. The SMILES string of the molecule is O=S(=O)(c1ccc(Br)cc1)N1CCN(c2nc(-c3cc(F)cc(Cl)c3)cs2)CC1.O=S(=O)(c1ccc(Br)cc1)N1CCN(c2nc(-c3ccc(Cl)c(F)c3)cs2)CC1. The van der Waals surface area contributed by atoms with Gasteiger partial charge in [0.1, 0.15) is 11.6 Å². The van der Waals surface area contributed by atoms with Crippen LogP contribution in [0.1, 0.15) is 0 Å². The van der Waals surface area contributed by atoms with Crippen LogP contribution in [-0.2, 0) is 20.0 Å². The van der Waals surface area contributed by atoms with E-state index >= 15 is 0 Å². The Morgan fingerprint density at radius 1 is 0.569 bits per heavy atom. The van der Waals surface area contributed by atoms with Gasteiger partial charge in [-0.1, -0.05) is 61.1 Å². The van der Waals surface area contributed by atoms with E-state index in [4.69, 9.17) is 23.2 Å². The highest BCUT2D eigenvalue weighted by molar-refractivity contribution is 9.10. The number of hydrogen-bond donors (Lipinski definition) is 0. The number of rotatable bonds is 8. The Bertz CT molecular complexity index is 2600. The van der Waals surface area contributed by atoms with E-state index in [1.807, 2.05) is 20.6 Å². The number of halogens is 6. The summed E-state index contributed by atoms with van der Waals surface area (Å²) in [5.41, 5.74) is 2.60. The van der Waals surface area contributed by atoms with Crippen molar-refractivity contribution in [2.75, 3.05) is 62.2 Å². The van der Waals surface area contributed by atoms with Gasteiger partial charge in [0.15, 0.2) is 10.3 Å². The molecule has 0 unspecified atom stereocenters. The lowest BCUT2D eigenvalue weighted by atomic mass is 10.2. The minimum atomic E-state index is -3.52. The minimum Gasteiger partial charge on any atom is -0.345 e. The molecule has 2 aromatic heterocycles. The molecule has 2 aliphatic heterocycles. The van der Waals surface area contributed by atoms with Gasteiger partial charge >= 0.3 is 0 Å². The lowest BCUT2D eigenvalue weighted by Gasteiger charge is -2.33. The number of sulfonamides is 2. The molecule has 0 radical (unpaired) electrons. The fourth-order valence-electron chi connectivity index (χ4n) is 6.19. The van der Waals surface area contributed by atoms with Gasteiger partial charge < -0.3 is 9.80 Å². The zero-order valence-electron chi connectivity index (χ0n) is 30.1. The monoisotopic (exact) mass is 1030 g/mol. The van der Waals surface area contributed by atoms with Crippen molar-refractivity contribution in [3.63, 3.8) is 0 Å². The number of piperazine rings is 2. The van der Waals surface area contributed by atoms with Crippen LogP contribution in [0.15, 0.2) is 114 Å². The van der Waals surface area contributed by atoms with Crippen LogP contribution in [0.3, 0.4) is 0 Å². The Morgan fingerprint density at radius 2 is 1.02 bits per heavy atom. The molecule has 8 rings (SSSR count). The number of hydrogen-bond acceptors (Lipinski definition) is 10. The lowest BCUT2D eigenvalue weighted by molar-refractivity contribution is 0.384. The number of thiazole rings is 2. The second kappa shape index (κ2) is 18.3. The Balaban J connectivity index is 0.000000177. The summed E-state index contributed by atoms with van der Waals surface area (Å²) in [6.45, 7) is 3.65. The number of aromatic nitrogens is 2. The maximum absolute atomic E-state index is 13.7. The summed E-state index contributed by atoms with van der Waals surface area (Å²) in [6, 6.07) is 22.2. The van der Waals surface area contributed by atoms with Crippen molar-refractivity contribution in [3.05, 3.63) is 126 Å². The molecule has 304 valence electrons. The first kappa shape index (κ1) is 43.1. The van der Waals surface area contributed by atoms with E-state index < -0.39 is 31.7 Å². The Labute approximate surface area is 370 Å². The predicted molar refractivity (Wildman–Crippen MR) is 235 cm³/mol. The Hall–Kier alpha value is -3.04. The highest BCUT2D eigenvalue weighted by atomic mass is 79.9. The summed E-state index contributed by atoms with van der Waals surface area (Å²) in [4.78, 5) is 13.8. The van der Waals surface area contributed by atoms with Crippen LogP contribution >= 0.6 is 77.7 Å². The fourth-order valence-corrected chi connectivity index (χ4v) is 11.7. The van der Waals surface area contributed by atoms with E-state index in [9.17, 15) is 25.6 Å². The minimum absolute atomic E-state index is 0.0762. The predicted octanol–water partition coefficient (Wildman–Crippen LogP) is 9.75. The fraction of sp³-hybridized carbons (Fsp3) is 0.211. The first-order chi connectivity index (χ1) is 27.7. The molecule has 4 heterocycles. The van der Waals surface area contributed by atoms with Crippen LogP contribution < -0.4 is 9.80 Å². The molecule has 2 saturated heterocycles. The van der Waals surface area contributed by atoms with Crippen LogP contribution in [-0.4, -0.2) is 87.8 Å². The van der Waals surface area contributed by atoms with E-state index in [-0.39, 0.29) is 14.8 Å². The molecule has 0 saturated carbocycles. The van der Waals surface area contributed by atoms with Crippen molar-refractivity contribution < 1.29 is 25.6 Å². The van der Waals surface area contributed by atoms with Crippen LogP contribution in [0, 0.1) is 11.6 Å². The first-order valence-corrected chi connectivity index (χ1v) is 24.5. The van der Waals surface area contributed by atoms with Crippen LogP contribution in [0.2, 0.25) is 10.0 Å². The van der Waals surface area contributed by atoms with Crippen LogP contribution in [0.25, 0.3) is 22.5 Å². The number of nitrogens with zero attached hydrogens (tertiary/aromatic N) is 6. The van der Waals surface area contributed by atoms with Gasteiger partial charge in [0.2, 0.25) is 20.0 Å². The van der Waals surface area contributed by atoms with Gasteiger partial charge in [-0.25, -0.2) is 35.6 Å². The molecule has 58 heavy (non-hydrogen) atoms. The number of anilines is 2. The van der Waals surface area contributed by atoms with Crippen molar-refractivity contribution in [2.24, 2.45) is 0 Å². The second-order valence-corrected chi connectivity index (χ2v) is 21.2. The average Bonchev–Trinajstić information content (AvgIpc) is 3.91. The third kappa shape index (κ3) is 9.94. The van der Waals surface area contributed by atoms with Gasteiger partial charge in [0.05, 0.1) is 26.2 Å². The van der Waals surface area contributed by atoms with Crippen LogP contribution in [0.4, 0.5) is 19.0 Å². The maximum atomic E-state index is 13.7. The molecule has 0 N–H and O–H groups in total. The summed E-state index contributed by atoms with van der Waals surface area (Å²) in [6.07, 6.45) is 0. The highest BCUT2D eigenvalue weighted by Gasteiger charge is 2.31. The molecule has 0 spiro atoms. The van der Waals surface area contributed by atoms with Gasteiger partial charge in [0.25, 0.3) is 0 Å². The van der Waals surface area contributed by atoms with Gasteiger partial charge in [-0.2, -0.15) is 8.61 Å². The van der Waals surface area contributed by atoms with Gasteiger partial charge in [-0.05, 0) is 78.9 Å². The maximum Gasteiger partial charge on any atom is 0.243 e. The number of benzene rings is 4. The largest absolute Gasteiger partial charge is 0.345 e. The third-order valence-electron chi connectivity index (χ3n) is 9.28. The van der Waals surface area contributed by atoms with Gasteiger partial charge in [0, 0.05) is 88.2 Å². The molecular formula is C38H32Br2Cl2F2N6O4S4. The lowest BCUT2D eigenvalue weighted by Crippen LogP contribution is -2.48. The molecule has 0 aliphatic carbocycles. The zero-order valence-corrected chi connectivity index (χ0v) is 38.1.